The van der Waals surface area contributed by atoms with Gasteiger partial charge in [-0.1, -0.05) is 32.6 Å². The Bertz CT molecular complexity index is 643. The highest BCUT2D eigenvalue weighted by atomic mass is 16.8. The van der Waals surface area contributed by atoms with E-state index in [1.807, 2.05) is 26.0 Å². The number of fused-ring (bicyclic) bond motifs is 2. The number of ketones is 1. The van der Waals surface area contributed by atoms with Gasteiger partial charge in [-0.15, -0.1) is 0 Å². The summed E-state index contributed by atoms with van der Waals surface area (Å²) in [6, 6.07) is 0. The number of carbonyl (C=O) groups excluding carboxylic acids is 2. The van der Waals surface area contributed by atoms with E-state index in [0.29, 0.717) is 0 Å². The van der Waals surface area contributed by atoms with E-state index in [2.05, 4.69) is 6.58 Å². The van der Waals surface area contributed by atoms with E-state index in [-0.39, 0.29) is 36.2 Å². The number of Topliss-reactive ketones (excluding diaryl/α,β-unsaturated/α-hetero) is 1. The summed E-state index contributed by atoms with van der Waals surface area (Å²) in [5.74, 6) is -1.46. The molecule has 7 nitrogen and oxygen atoms in total. The van der Waals surface area contributed by atoms with Crippen LogP contribution in [0.3, 0.4) is 0 Å². The molecule has 0 aliphatic carbocycles. The fraction of sp³-hybridized carbons (Fsp3) is 0.714. The molecule has 0 amide bonds. The van der Waals surface area contributed by atoms with Gasteiger partial charge in [0.25, 0.3) is 0 Å². The lowest BCUT2D eigenvalue weighted by molar-refractivity contribution is -0.167. The van der Waals surface area contributed by atoms with E-state index in [0.717, 1.165) is 0 Å². The first-order valence-electron chi connectivity index (χ1n) is 9.76. The zero-order valence-electron chi connectivity index (χ0n) is 17.3. The van der Waals surface area contributed by atoms with Crippen LogP contribution >= 0.6 is 0 Å². The average Bonchev–Trinajstić information content (AvgIpc) is 3.09. The highest BCUT2D eigenvalue weighted by Gasteiger charge is 2.66. The molecule has 0 aromatic rings. The van der Waals surface area contributed by atoms with Crippen LogP contribution in [0.25, 0.3) is 0 Å². The maximum atomic E-state index is 11.7. The van der Waals surface area contributed by atoms with Gasteiger partial charge in [0.1, 0.15) is 17.5 Å². The summed E-state index contributed by atoms with van der Waals surface area (Å²) in [6.45, 7) is 12.5. The van der Waals surface area contributed by atoms with Crippen molar-refractivity contribution in [1.29, 1.82) is 0 Å². The summed E-state index contributed by atoms with van der Waals surface area (Å²) in [5, 5.41) is 21.5. The van der Waals surface area contributed by atoms with Gasteiger partial charge in [0.2, 0.25) is 0 Å². The smallest absolute Gasteiger partial charge is 0.303 e. The molecule has 0 radical (unpaired) electrons. The maximum absolute atomic E-state index is 11.7. The van der Waals surface area contributed by atoms with Crippen LogP contribution in [0, 0.1) is 11.8 Å². The van der Waals surface area contributed by atoms with Gasteiger partial charge in [0.05, 0.1) is 24.2 Å². The van der Waals surface area contributed by atoms with Crippen LogP contribution in [0.5, 0.6) is 0 Å². The Morgan fingerprint density at radius 3 is 2.54 bits per heavy atom. The van der Waals surface area contributed by atoms with Crippen molar-refractivity contribution in [2.75, 3.05) is 0 Å². The zero-order chi connectivity index (χ0) is 21.2. The third-order valence-corrected chi connectivity index (χ3v) is 5.71. The predicted octanol–water partition coefficient (Wildman–Crippen LogP) is 1.91. The summed E-state index contributed by atoms with van der Waals surface area (Å²) < 4.78 is 17.4. The number of hydrogen-bond acceptors (Lipinski definition) is 7. The normalized spacial score (nSPS) is 35.0. The van der Waals surface area contributed by atoms with E-state index < -0.39 is 42.1 Å². The van der Waals surface area contributed by atoms with Crippen LogP contribution in [0.4, 0.5) is 0 Å². The molecule has 2 saturated heterocycles. The van der Waals surface area contributed by atoms with Gasteiger partial charge in [-0.2, -0.15) is 0 Å². The molecule has 0 spiro atoms. The Morgan fingerprint density at radius 2 is 2.04 bits per heavy atom. The molecular formula is C21H32O7. The number of aliphatic hydroxyl groups is 2. The lowest BCUT2D eigenvalue weighted by atomic mass is 9.76. The Hall–Kier alpha value is -1.54. The van der Waals surface area contributed by atoms with Crippen molar-refractivity contribution >= 4 is 11.8 Å². The molecule has 2 heterocycles. The maximum Gasteiger partial charge on any atom is 0.303 e. The van der Waals surface area contributed by atoms with Crippen LogP contribution < -0.4 is 0 Å². The Morgan fingerprint density at radius 1 is 1.39 bits per heavy atom. The molecule has 2 unspecified atom stereocenters. The third kappa shape index (κ3) is 4.22. The number of ether oxygens (including phenoxy) is 3. The summed E-state index contributed by atoms with van der Waals surface area (Å²) in [7, 11) is 0. The number of carbonyl (C=O) groups is 2. The first kappa shape index (κ1) is 22.7. The van der Waals surface area contributed by atoms with E-state index in [9.17, 15) is 19.8 Å². The zero-order valence-corrected chi connectivity index (χ0v) is 17.3. The highest BCUT2D eigenvalue weighted by molar-refractivity contribution is 5.79. The van der Waals surface area contributed by atoms with E-state index in [4.69, 9.17) is 14.2 Å². The second-order valence-electron chi connectivity index (χ2n) is 7.85. The van der Waals surface area contributed by atoms with Crippen molar-refractivity contribution in [2.45, 2.75) is 83.8 Å². The van der Waals surface area contributed by atoms with Crippen molar-refractivity contribution < 1.29 is 34.0 Å². The molecule has 2 bridgehead atoms. The lowest BCUT2D eigenvalue weighted by Gasteiger charge is -2.40. The first-order valence-corrected chi connectivity index (χ1v) is 9.76. The first-order chi connectivity index (χ1) is 13.1. The second-order valence-corrected chi connectivity index (χ2v) is 7.85. The quantitative estimate of drug-likeness (QED) is 0.453. The minimum atomic E-state index is -1.19. The number of allylic oxidation sites excluding steroid dienone is 1. The van der Waals surface area contributed by atoms with Crippen molar-refractivity contribution in [1.82, 2.24) is 0 Å². The summed E-state index contributed by atoms with van der Waals surface area (Å²) in [4.78, 5) is 23.4. The fourth-order valence-electron chi connectivity index (χ4n) is 4.18. The molecule has 0 aromatic carbocycles. The van der Waals surface area contributed by atoms with Gasteiger partial charge < -0.3 is 24.4 Å². The Kier molecular flexibility index (Phi) is 7.20. The topological polar surface area (TPSA) is 102 Å². The summed E-state index contributed by atoms with van der Waals surface area (Å²) in [5.41, 5.74) is -0.834. The molecular weight excluding hydrogens is 364 g/mol. The monoisotopic (exact) mass is 396 g/mol. The van der Waals surface area contributed by atoms with Crippen LogP contribution in [-0.2, 0) is 23.8 Å². The minimum Gasteiger partial charge on any atom is -0.457 e. The average molecular weight is 396 g/mol. The van der Waals surface area contributed by atoms with Crippen LogP contribution in [0.15, 0.2) is 24.3 Å². The van der Waals surface area contributed by atoms with Crippen molar-refractivity contribution in [3.63, 3.8) is 0 Å². The molecule has 2 aliphatic rings. The summed E-state index contributed by atoms with van der Waals surface area (Å²) >= 11 is 0. The number of esters is 1. The van der Waals surface area contributed by atoms with Crippen molar-refractivity contribution in [3.05, 3.63) is 24.3 Å². The minimum absolute atomic E-state index is 0.0127. The molecule has 8 atom stereocenters. The van der Waals surface area contributed by atoms with Gasteiger partial charge in [0.15, 0.2) is 6.29 Å². The van der Waals surface area contributed by atoms with Gasteiger partial charge in [-0.25, -0.2) is 0 Å². The van der Waals surface area contributed by atoms with Gasteiger partial charge in [0, 0.05) is 25.7 Å². The highest BCUT2D eigenvalue weighted by Crippen LogP contribution is 2.51. The van der Waals surface area contributed by atoms with Crippen molar-refractivity contribution in [2.24, 2.45) is 11.8 Å². The molecule has 28 heavy (non-hydrogen) atoms. The molecule has 2 rings (SSSR count). The number of rotatable bonds is 9. The fourth-order valence-corrected chi connectivity index (χ4v) is 4.18. The van der Waals surface area contributed by atoms with E-state index in [1.54, 1.807) is 13.8 Å². The predicted molar refractivity (Wildman–Crippen MR) is 102 cm³/mol. The Labute approximate surface area is 166 Å². The largest absolute Gasteiger partial charge is 0.457 e. The summed E-state index contributed by atoms with van der Waals surface area (Å²) in [6.07, 6.45) is -0.343. The lowest BCUT2D eigenvalue weighted by Crippen LogP contribution is -2.56. The van der Waals surface area contributed by atoms with Crippen molar-refractivity contribution in [3.8, 4) is 0 Å². The van der Waals surface area contributed by atoms with E-state index >= 15 is 0 Å². The number of aliphatic hydroxyl groups excluding tert-OH is 2. The van der Waals surface area contributed by atoms with Gasteiger partial charge in [-0.3, -0.25) is 9.59 Å². The van der Waals surface area contributed by atoms with Crippen LogP contribution in [-0.4, -0.2) is 58.3 Å². The van der Waals surface area contributed by atoms with E-state index in [1.165, 1.54) is 6.92 Å². The third-order valence-electron chi connectivity index (χ3n) is 5.71. The van der Waals surface area contributed by atoms with Crippen LogP contribution in [0.1, 0.15) is 47.5 Å². The van der Waals surface area contributed by atoms with Crippen LogP contribution in [0.2, 0.25) is 0 Å². The molecule has 2 aliphatic heterocycles. The molecule has 0 saturated carbocycles. The second kappa shape index (κ2) is 8.86. The van der Waals surface area contributed by atoms with Gasteiger partial charge in [-0.05, 0) is 19.4 Å². The molecule has 7 heteroatoms. The molecule has 0 aromatic heterocycles. The van der Waals surface area contributed by atoms with Gasteiger partial charge >= 0.3 is 5.97 Å². The number of hydrogen-bond donors (Lipinski definition) is 2. The molecule has 2 N–H and O–H groups in total. The molecule has 2 fully saturated rings. The molecule has 158 valence electrons. The SMILES string of the molecule is C=C(C(O)CC(=O)CC)C(OC(C)=O)[C@H]1[C@@H]2O[C@H]([C@@H](C)/C=C\C)[C@@](C)(O2)[C@H]1O. The Balaban J connectivity index is 2.26. The standard InChI is InChI=1S/C21H32O7/c1-7-9-11(3)19-21(6)18(25)16(20(27-19)28-21)17(26-13(5)22)12(4)15(24)10-14(23)8-2/h7,9,11,15-20,24-25H,4,8,10H2,1-3,5-6H3/b9-7-/t11-,15?,16+,17?,18-,19+,20+,21-/m0/s1.